The van der Waals surface area contributed by atoms with E-state index in [1.165, 1.54) is 18.9 Å². The number of amides is 2. The molecule has 1 atom stereocenters. The van der Waals surface area contributed by atoms with E-state index in [9.17, 15) is 14.4 Å². The summed E-state index contributed by atoms with van der Waals surface area (Å²) in [5.74, 6) is -0.703. The summed E-state index contributed by atoms with van der Waals surface area (Å²) < 4.78 is 12.5. The highest BCUT2D eigenvalue weighted by molar-refractivity contribution is 9.10. The van der Waals surface area contributed by atoms with E-state index < -0.39 is 12.2 Å². The van der Waals surface area contributed by atoms with Crippen LogP contribution >= 0.6 is 15.9 Å². The summed E-state index contributed by atoms with van der Waals surface area (Å²) in [5.41, 5.74) is 2.08. The number of esters is 1. The predicted octanol–water partition coefficient (Wildman–Crippen LogP) is 6.02. The van der Waals surface area contributed by atoms with Crippen LogP contribution in [0.3, 0.4) is 0 Å². The molecule has 9 heteroatoms. The second-order valence-electron chi connectivity index (χ2n) is 8.58. The zero-order chi connectivity index (χ0) is 26.8. The van der Waals surface area contributed by atoms with Crippen molar-refractivity contribution in [2.24, 2.45) is 5.10 Å². The van der Waals surface area contributed by atoms with Gasteiger partial charge in [0.05, 0.1) is 5.56 Å². The molecule has 0 bridgehead atoms. The molecule has 1 N–H and O–H groups in total. The summed E-state index contributed by atoms with van der Waals surface area (Å²) in [7, 11) is 0. The third-order valence-corrected chi connectivity index (χ3v) is 6.33. The van der Waals surface area contributed by atoms with Crippen molar-refractivity contribution < 1.29 is 23.9 Å². The molecule has 0 saturated heterocycles. The van der Waals surface area contributed by atoms with E-state index in [1.807, 2.05) is 36.4 Å². The Morgan fingerprint density at radius 1 is 0.947 bits per heavy atom. The van der Waals surface area contributed by atoms with Crippen LogP contribution in [0.15, 0.2) is 94.5 Å². The minimum atomic E-state index is -0.894. The highest BCUT2D eigenvalue weighted by atomic mass is 79.9. The summed E-state index contributed by atoms with van der Waals surface area (Å²) in [6.45, 7) is 2.70. The van der Waals surface area contributed by atoms with E-state index in [0.29, 0.717) is 22.4 Å². The Kier molecular flexibility index (Phi) is 6.93. The van der Waals surface area contributed by atoms with Crippen LogP contribution < -0.4 is 10.1 Å². The van der Waals surface area contributed by atoms with Crippen LogP contribution in [0.4, 0.5) is 5.69 Å². The van der Waals surface area contributed by atoms with Gasteiger partial charge >= 0.3 is 5.97 Å². The fourth-order valence-corrected chi connectivity index (χ4v) is 4.60. The maximum atomic E-state index is 12.8. The van der Waals surface area contributed by atoms with Crippen molar-refractivity contribution in [1.29, 1.82) is 0 Å². The topological polar surface area (TPSA) is 97.3 Å². The van der Waals surface area contributed by atoms with Crippen LogP contribution in [-0.4, -0.2) is 28.7 Å². The minimum Gasteiger partial charge on any atom is -0.446 e. The lowest BCUT2D eigenvalue weighted by Crippen LogP contribution is -2.25. The predicted molar refractivity (Wildman–Crippen MR) is 147 cm³/mol. The van der Waals surface area contributed by atoms with Gasteiger partial charge in [-0.3, -0.25) is 14.4 Å². The molecule has 0 aromatic heterocycles. The normalized spacial score (nSPS) is 14.6. The largest absolute Gasteiger partial charge is 0.446 e. The Morgan fingerprint density at radius 2 is 1.74 bits per heavy atom. The second kappa shape index (κ2) is 10.5. The van der Waals surface area contributed by atoms with Gasteiger partial charge in [0.25, 0.3) is 5.91 Å². The zero-order valence-corrected chi connectivity index (χ0v) is 22.1. The standard InChI is InChI=1S/C29H22BrN3O5/c1-17(34)33-29(21-9-6-11-23(16-21)31-27(36)20-8-5-10-22(30)15-20)38-28(32-33)26-24-12-4-3-7-19(24)13-14-25(26)37-18(2)35/h3-16,29H,1-2H3,(H,31,36). The van der Waals surface area contributed by atoms with E-state index in [4.69, 9.17) is 9.47 Å². The quantitative estimate of drug-likeness (QED) is 0.233. The van der Waals surface area contributed by atoms with Gasteiger partial charge in [0.1, 0.15) is 5.75 Å². The van der Waals surface area contributed by atoms with E-state index in [2.05, 4.69) is 26.3 Å². The van der Waals surface area contributed by atoms with Gasteiger partial charge in [-0.15, -0.1) is 5.10 Å². The van der Waals surface area contributed by atoms with Crippen molar-refractivity contribution in [2.45, 2.75) is 20.1 Å². The van der Waals surface area contributed by atoms with E-state index in [0.717, 1.165) is 15.2 Å². The van der Waals surface area contributed by atoms with Crippen LogP contribution in [0.1, 0.15) is 41.6 Å². The lowest BCUT2D eigenvalue weighted by Gasteiger charge is -2.20. The number of nitrogens with one attached hydrogen (secondary N) is 1. The monoisotopic (exact) mass is 571 g/mol. The highest BCUT2D eigenvalue weighted by Crippen LogP contribution is 2.37. The maximum absolute atomic E-state index is 12.8. The van der Waals surface area contributed by atoms with Gasteiger partial charge in [-0.05, 0) is 47.2 Å². The van der Waals surface area contributed by atoms with Crippen molar-refractivity contribution >= 4 is 56.1 Å². The molecular weight excluding hydrogens is 550 g/mol. The second-order valence-corrected chi connectivity index (χ2v) is 9.50. The lowest BCUT2D eigenvalue weighted by atomic mass is 10.0. The average molecular weight is 572 g/mol. The molecule has 2 amide bonds. The number of benzene rings is 4. The van der Waals surface area contributed by atoms with E-state index in [1.54, 1.807) is 48.5 Å². The van der Waals surface area contributed by atoms with Crippen LogP contribution in [-0.2, 0) is 14.3 Å². The maximum Gasteiger partial charge on any atom is 0.308 e. The summed E-state index contributed by atoms with van der Waals surface area (Å²) in [4.78, 5) is 37.2. The number of nitrogens with zero attached hydrogens (tertiary/aromatic N) is 2. The van der Waals surface area contributed by atoms with Crippen molar-refractivity contribution in [2.75, 3.05) is 5.32 Å². The number of ether oxygens (including phenoxy) is 2. The number of hydrogen-bond donors (Lipinski definition) is 1. The lowest BCUT2D eigenvalue weighted by molar-refractivity contribution is -0.135. The van der Waals surface area contributed by atoms with Gasteiger partial charge in [0.2, 0.25) is 18.0 Å². The first-order valence-electron chi connectivity index (χ1n) is 11.7. The van der Waals surface area contributed by atoms with Crippen LogP contribution in [0.25, 0.3) is 10.8 Å². The summed E-state index contributed by atoms with van der Waals surface area (Å²) >= 11 is 3.38. The average Bonchev–Trinajstić information content (AvgIpc) is 3.34. The van der Waals surface area contributed by atoms with Gasteiger partial charge < -0.3 is 14.8 Å². The van der Waals surface area contributed by atoms with E-state index >= 15 is 0 Å². The summed E-state index contributed by atoms with van der Waals surface area (Å²) in [5, 5.41) is 10.2. The molecule has 1 unspecified atom stereocenters. The van der Waals surface area contributed by atoms with Crippen LogP contribution in [0.2, 0.25) is 0 Å². The minimum absolute atomic E-state index is 0.141. The SMILES string of the molecule is CC(=O)Oc1ccc2ccccc2c1C1=NN(C(C)=O)C(c2cccc(NC(=O)c3cccc(Br)c3)c2)O1. The molecule has 0 saturated carbocycles. The first-order valence-corrected chi connectivity index (χ1v) is 12.5. The molecule has 8 nitrogen and oxygen atoms in total. The third-order valence-electron chi connectivity index (χ3n) is 5.84. The molecule has 1 aliphatic rings. The molecule has 0 aliphatic carbocycles. The van der Waals surface area contributed by atoms with Crippen molar-refractivity contribution in [1.82, 2.24) is 5.01 Å². The molecule has 190 valence electrons. The molecule has 0 spiro atoms. The fraction of sp³-hybridized carbons (Fsp3) is 0.103. The number of fused-ring (bicyclic) bond motifs is 1. The number of hydrazone groups is 1. The van der Waals surface area contributed by atoms with Crippen LogP contribution in [0, 0.1) is 0 Å². The highest BCUT2D eigenvalue weighted by Gasteiger charge is 2.35. The first-order chi connectivity index (χ1) is 18.3. The number of anilines is 1. The molecule has 38 heavy (non-hydrogen) atoms. The summed E-state index contributed by atoms with van der Waals surface area (Å²) in [6, 6.07) is 25.1. The molecule has 0 radical (unpaired) electrons. The Labute approximate surface area is 227 Å². The molecule has 1 aliphatic heterocycles. The third kappa shape index (κ3) is 5.14. The molecule has 5 rings (SSSR count). The number of halogens is 1. The molecule has 4 aromatic carbocycles. The Morgan fingerprint density at radius 3 is 2.50 bits per heavy atom. The van der Waals surface area contributed by atoms with Gasteiger partial charge in [-0.2, -0.15) is 5.01 Å². The van der Waals surface area contributed by atoms with Crippen molar-refractivity contribution in [3.05, 3.63) is 106 Å². The van der Waals surface area contributed by atoms with Gasteiger partial charge in [-0.1, -0.05) is 64.5 Å². The summed E-state index contributed by atoms with van der Waals surface area (Å²) in [6.07, 6.45) is -0.894. The Bertz CT molecular complexity index is 1620. The molecule has 4 aromatic rings. The number of carbonyl (C=O) groups excluding carboxylic acids is 3. The smallest absolute Gasteiger partial charge is 0.308 e. The number of hydrogen-bond acceptors (Lipinski definition) is 6. The van der Waals surface area contributed by atoms with E-state index in [-0.39, 0.29) is 23.5 Å². The zero-order valence-electron chi connectivity index (χ0n) is 20.5. The molecular formula is C29H22BrN3O5. The molecule has 1 heterocycles. The Balaban J connectivity index is 1.49. The van der Waals surface area contributed by atoms with Gasteiger partial charge in [-0.25, -0.2) is 0 Å². The van der Waals surface area contributed by atoms with Crippen molar-refractivity contribution in [3.8, 4) is 5.75 Å². The van der Waals surface area contributed by atoms with Crippen molar-refractivity contribution in [3.63, 3.8) is 0 Å². The van der Waals surface area contributed by atoms with Crippen LogP contribution in [0.5, 0.6) is 5.75 Å². The first kappa shape index (κ1) is 25.2. The Hall–Kier alpha value is -4.50. The van der Waals surface area contributed by atoms with Gasteiger partial charge in [0.15, 0.2) is 0 Å². The van der Waals surface area contributed by atoms with Gasteiger partial charge in [0, 0.05) is 35.1 Å². The number of carbonyl (C=O) groups is 3. The fourth-order valence-electron chi connectivity index (χ4n) is 4.20. The molecule has 0 fully saturated rings. The number of rotatable bonds is 5.